The molecule has 0 unspecified atom stereocenters. The summed E-state index contributed by atoms with van der Waals surface area (Å²) in [5, 5.41) is 0. The van der Waals surface area contributed by atoms with Gasteiger partial charge in [-0.2, -0.15) is 4.79 Å². The Morgan fingerprint density at radius 1 is 1.53 bits per heavy atom. The van der Waals surface area contributed by atoms with E-state index in [1.807, 2.05) is 0 Å². The van der Waals surface area contributed by atoms with E-state index in [4.69, 9.17) is 5.53 Å². The predicted molar refractivity (Wildman–Crippen MR) is 57.4 cm³/mol. The molecule has 0 radical (unpaired) electrons. The van der Waals surface area contributed by atoms with Crippen LogP contribution < -0.4 is 0 Å². The fourth-order valence-electron chi connectivity index (χ4n) is 3.73. The first-order valence-electron chi connectivity index (χ1n) is 5.76. The van der Waals surface area contributed by atoms with E-state index >= 15 is 0 Å². The topological polar surface area (TPSA) is 53.5 Å². The molecule has 3 atom stereocenters. The number of carbonyl (C=O) groups excluding carboxylic acids is 1. The molecular formula is C12H18N2O. The number of rotatable bonds is 3. The van der Waals surface area contributed by atoms with Crippen LogP contribution in [0.25, 0.3) is 5.53 Å². The Labute approximate surface area is 90.5 Å². The third-order valence-electron chi connectivity index (χ3n) is 4.67. The minimum absolute atomic E-state index is 0.0388. The number of nitrogens with zero attached hydrogens (tertiary/aromatic N) is 2. The molecule has 0 N–H and O–H groups in total. The molecule has 3 heteroatoms. The van der Waals surface area contributed by atoms with Crippen LogP contribution in [-0.2, 0) is 4.79 Å². The number of Topliss-reactive ketones (excluding diaryl/α,β-unsaturated/α-hetero) is 1. The summed E-state index contributed by atoms with van der Waals surface area (Å²) in [6.07, 6.45) is 5.50. The SMILES string of the molecule is CC1(C)[C@H]2CC[C@H](C2)[C@@H]1CC(=O)C=[N+]=[N-]. The van der Waals surface area contributed by atoms with E-state index in [0.717, 1.165) is 18.1 Å². The average Bonchev–Trinajstić information content (AvgIpc) is 2.69. The second kappa shape index (κ2) is 3.57. The van der Waals surface area contributed by atoms with Crippen LogP contribution >= 0.6 is 0 Å². The molecule has 15 heavy (non-hydrogen) atoms. The zero-order valence-electron chi connectivity index (χ0n) is 9.44. The summed E-state index contributed by atoms with van der Waals surface area (Å²) in [6.45, 7) is 4.57. The highest BCUT2D eigenvalue weighted by Crippen LogP contribution is 2.60. The first kappa shape index (κ1) is 10.6. The minimum atomic E-state index is -0.0388. The molecule has 2 aliphatic carbocycles. The number of ketones is 1. The van der Waals surface area contributed by atoms with Crippen LogP contribution in [0.1, 0.15) is 39.5 Å². The Morgan fingerprint density at radius 3 is 2.80 bits per heavy atom. The fourth-order valence-corrected chi connectivity index (χ4v) is 3.73. The van der Waals surface area contributed by atoms with E-state index in [-0.39, 0.29) is 5.78 Å². The zero-order valence-corrected chi connectivity index (χ0v) is 9.44. The highest BCUT2D eigenvalue weighted by molar-refractivity contribution is 6.25. The molecule has 3 nitrogen and oxygen atoms in total. The van der Waals surface area contributed by atoms with E-state index < -0.39 is 0 Å². The van der Waals surface area contributed by atoms with E-state index in [1.165, 1.54) is 19.3 Å². The number of hydrogen-bond acceptors (Lipinski definition) is 1. The Bertz CT molecular complexity index is 329. The van der Waals surface area contributed by atoms with E-state index in [1.54, 1.807) is 0 Å². The van der Waals surface area contributed by atoms with Gasteiger partial charge in [-0.25, -0.2) is 0 Å². The van der Waals surface area contributed by atoms with Crippen LogP contribution in [-0.4, -0.2) is 16.8 Å². The molecule has 2 fully saturated rings. The summed E-state index contributed by atoms with van der Waals surface area (Å²) < 4.78 is 0. The second-order valence-electron chi connectivity index (χ2n) is 5.61. The van der Waals surface area contributed by atoms with Crippen molar-refractivity contribution in [3.63, 3.8) is 0 Å². The van der Waals surface area contributed by atoms with Crippen molar-refractivity contribution in [2.45, 2.75) is 39.5 Å². The quantitative estimate of drug-likeness (QED) is 0.397. The van der Waals surface area contributed by atoms with E-state index in [9.17, 15) is 4.79 Å². The molecule has 0 aromatic carbocycles. The van der Waals surface area contributed by atoms with Gasteiger partial charge in [-0.15, -0.1) is 0 Å². The van der Waals surface area contributed by atoms with Gasteiger partial charge in [0, 0.05) is 6.42 Å². The summed E-state index contributed by atoms with van der Waals surface area (Å²) >= 11 is 0. The predicted octanol–water partition coefficient (Wildman–Crippen LogP) is 2.32. The minimum Gasteiger partial charge on any atom is -0.361 e. The van der Waals surface area contributed by atoms with Gasteiger partial charge in [0.2, 0.25) is 5.78 Å². The van der Waals surface area contributed by atoms with Crippen molar-refractivity contribution in [2.75, 3.05) is 0 Å². The molecule has 0 saturated heterocycles. The summed E-state index contributed by atoms with van der Waals surface area (Å²) in [5.41, 5.74) is 8.61. The number of carbonyl (C=O) groups is 1. The summed E-state index contributed by atoms with van der Waals surface area (Å²) in [6, 6.07) is 0. The van der Waals surface area contributed by atoms with Crippen molar-refractivity contribution < 1.29 is 9.58 Å². The maximum Gasteiger partial charge on any atom is 0.323 e. The van der Waals surface area contributed by atoms with Crippen LogP contribution in [0.15, 0.2) is 0 Å². The maximum absolute atomic E-state index is 11.5. The van der Waals surface area contributed by atoms with Gasteiger partial charge in [0.25, 0.3) is 0 Å². The van der Waals surface area contributed by atoms with Gasteiger partial charge in [0.05, 0.1) is 0 Å². The molecule has 0 spiro atoms. The lowest BCUT2D eigenvalue weighted by Crippen LogP contribution is -2.32. The Kier molecular flexibility index (Phi) is 2.51. The molecule has 82 valence electrons. The van der Waals surface area contributed by atoms with Crippen LogP contribution in [0.4, 0.5) is 0 Å². The van der Waals surface area contributed by atoms with Crippen molar-refractivity contribution in [1.82, 2.24) is 0 Å². The lowest BCUT2D eigenvalue weighted by Gasteiger charge is -2.37. The summed E-state index contributed by atoms with van der Waals surface area (Å²) in [7, 11) is 0. The first-order valence-corrected chi connectivity index (χ1v) is 5.76. The molecule has 2 saturated carbocycles. The van der Waals surface area contributed by atoms with Crippen molar-refractivity contribution >= 4 is 12.0 Å². The van der Waals surface area contributed by atoms with Crippen molar-refractivity contribution in [1.29, 1.82) is 0 Å². The summed E-state index contributed by atoms with van der Waals surface area (Å²) in [4.78, 5) is 14.3. The average molecular weight is 206 g/mol. The third-order valence-corrected chi connectivity index (χ3v) is 4.67. The number of fused-ring (bicyclic) bond motifs is 2. The molecule has 2 aliphatic rings. The van der Waals surface area contributed by atoms with Gasteiger partial charge in [0.1, 0.15) is 0 Å². The number of hydrogen-bond donors (Lipinski definition) is 0. The van der Waals surface area contributed by atoms with Gasteiger partial charge in [-0.3, -0.25) is 4.79 Å². The van der Waals surface area contributed by atoms with Gasteiger partial charge in [0.15, 0.2) is 0 Å². The Morgan fingerprint density at radius 2 is 2.27 bits per heavy atom. The van der Waals surface area contributed by atoms with Crippen LogP contribution in [0.5, 0.6) is 0 Å². The third kappa shape index (κ3) is 1.65. The molecule has 0 amide bonds. The van der Waals surface area contributed by atoms with Crippen LogP contribution in [0.2, 0.25) is 0 Å². The first-order chi connectivity index (χ1) is 7.05. The normalized spacial score (nSPS) is 36.3. The summed E-state index contributed by atoms with van der Waals surface area (Å²) in [5.74, 6) is 1.97. The van der Waals surface area contributed by atoms with Gasteiger partial charge < -0.3 is 5.53 Å². The molecule has 0 heterocycles. The van der Waals surface area contributed by atoms with Crippen molar-refractivity contribution in [3.8, 4) is 0 Å². The van der Waals surface area contributed by atoms with Crippen molar-refractivity contribution in [2.24, 2.45) is 23.2 Å². The van der Waals surface area contributed by atoms with Gasteiger partial charge in [-0.05, 0) is 42.4 Å². The standard InChI is InChI=1S/C12H18N2O/c1-12(2)9-4-3-8(5-9)11(12)6-10(15)7-14-13/h7-9,11H,3-6H2,1-2H3/t8-,9+,11+/m1/s1. The molecule has 2 bridgehead atoms. The largest absolute Gasteiger partial charge is 0.361 e. The monoisotopic (exact) mass is 206 g/mol. The van der Waals surface area contributed by atoms with Crippen LogP contribution in [0, 0.1) is 23.2 Å². The maximum atomic E-state index is 11.5. The van der Waals surface area contributed by atoms with E-state index in [0.29, 0.717) is 17.8 Å². The van der Waals surface area contributed by atoms with Gasteiger partial charge >= 0.3 is 6.21 Å². The molecule has 0 aliphatic heterocycles. The fraction of sp³-hybridized carbons (Fsp3) is 0.833. The highest BCUT2D eigenvalue weighted by Gasteiger charge is 2.52. The van der Waals surface area contributed by atoms with Gasteiger partial charge in [-0.1, -0.05) is 13.8 Å². The lowest BCUT2D eigenvalue weighted by atomic mass is 9.67. The lowest BCUT2D eigenvalue weighted by molar-refractivity contribution is -0.118. The van der Waals surface area contributed by atoms with Crippen molar-refractivity contribution in [3.05, 3.63) is 5.53 Å². The van der Waals surface area contributed by atoms with E-state index in [2.05, 4.69) is 18.6 Å². The Hall–Kier alpha value is -0.950. The molecule has 0 aromatic heterocycles. The second-order valence-corrected chi connectivity index (χ2v) is 5.61. The molecule has 2 rings (SSSR count). The smallest absolute Gasteiger partial charge is 0.323 e. The molecular weight excluding hydrogens is 188 g/mol. The van der Waals surface area contributed by atoms with Crippen LogP contribution in [0.3, 0.4) is 0 Å². The Balaban J connectivity index is 2.09. The highest BCUT2D eigenvalue weighted by atomic mass is 16.1. The zero-order chi connectivity index (χ0) is 11.1. The molecule has 0 aromatic rings.